The highest BCUT2D eigenvalue weighted by Gasteiger charge is 2.31. The maximum absolute atomic E-state index is 12.6. The van der Waals surface area contributed by atoms with E-state index in [4.69, 9.17) is 4.74 Å². The van der Waals surface area contributed by atoms with E-state index in [9.17, 15) is 4.79 Å². The van der Waals surface area contributed by atoms with Crippen LogP contribution < -0.4 is 10.1 Å². The molecule has 0 saturated carbocycles. The molecule has 1 saturated heterocycles. The summed E-state index contributed by atoms with van der Waals surface area (Å²) in [7, 11) is 1.92. The number of ether oxygens (including phenoxy) is 1. The van der Waals surface area contributed by atoms with Crippen LogP contribution in [0.4, 0.5) is 0 Å². The molecular weight excluding hydrogens is 368 g/mol. The molecule has 1 heterocycles. The molecule has 124 valence electrons. The van der Waals surface area contributed by atoms with Crippen LogP contribution in [0, 0.1) is 6.92 Å². The zero-order valence-corrected chi connectivity index (χ0v) is 15.7. The summed E-state index contributed by atoms with van der Waals surface area (Å²) in [4.78, 5) is 14.5. The molecule has 1 aromatic rings. The first-order chi connectivity index (χ1) is 10.0. The van der Waals surface area contributed by atoms with E-state index >= 15 is 0 Å². The Kier molecular flexibility index (Phi) is 7.66. The van der Waals surface area contributed by atoms with Gasteiger partial charge in [0.1, 0.15) is 5.75 Å². The molecule has 0 aliphatic carbocycles. The summed E-state index contributed by atoms with van der Waals surface area (Å²) < 4.78 is 6.73. The minimum atomic E-state index is -0.471. The fraction of sp³-hybridized carbons (Fsp3) is 0.562. The van der Waals surface area contributed by atoms with E-state index in [1.165, 1.54) is 0 Å². The molecule has 2 rings (SSSR count). The van der Waals surface area contributed by atoms with Gasteiger partial charge in [0.15, 0.2) is 6.10 Å². The van der Waals surface area contributed by atoms with Crippen LogP contribution >= 0.6 is 28.3 Å². The summed E-state index contributed by atoms with van der Waals surface area (Å²) in [5.74, 6) is 0.783. The van der Waals surface area contributed by atoms with Gasteiger partial charge < -0.3 is 15.0 Å². The highest BCUT2D eigenvalue weighted by atomic mass is 79.9. The third-order valence-corrected chi connectivity index (χ3v) is 4.46. The van der Waals surface area contributed by atoms with Gasteiger partial charge in [-0.3, -0.25) is 4.79 Å². The van der Waals surface area contributed by atoms with Gasteiger partial charge in [0.25, 0.3) is 5.91 Å². The maximum Gasteiger partial charge on any atom is 0.263 e. The summed E-state index contributed by atoms with van der Waals surface area (Å²) in [6.45, 7) is 5.51. The zero-order valence-electron chi connectivity index (χ0n) is 13.3. The molecule has 6 heteroatoms. The van der Waals surface area contributed by atoms with Crippen molar-refractivity contribution >= 4 is 34.2 Å². The van der Waals surface area contributed by atoms with Gasteiger partial charge in [0, 0.05) is 19.1 Å². The lowest BCUT2D eigenvalue weighted by molar-refractivity contribution is -0.138. The van der Waals surface area contributed by atoms with Crippen LogP contribution in [0.3, 0.4) is 0 Å². The van der Waals surface area contributed by atoms with Crippen molar-refractivity contribution in [1.29, 1.82) is 0 Å². The van der Waals surface area contributed by atoms with E-state index in [1.54, 1.807) is 0 Å². The van der Waals surface area contributed by atoms with Gasteiger partial charge in [-0.25, -0.2) is 0 Å². The number of hydrogen-bond acceptors (Lipinski definition) is 3. The lowest BCUT2D eigenvalue weighted by Crippen LogP contribution is -2.46. The maximum atomic E-state index is 12.6. The Labute approximate surface area is 147 Å². The fourth-order valence-electron chi connectivity index (χ4n) is 2.75. The van der Waals surface area contributed by atoms with Crippen LogP contribution in [0.5, 0.6) is 5.75 Å². The van der Waals surface area contributed by atoms with E-state index in [-0.39, 0.29) is 24.4 Å². The lowest BCUT2D eigenvalue weighted by atomic mass is 10.2. The predicted molar refractivity (Wildman–Crippen MR) is 94.9 cm³/mol. The quantitative estimate of drug-likeness (QED) is 0.838. The summed E-state index contributed by atoms with van der Waals surface area (Å²) in [6, 6.07) is 6.16. The molecule has 1 aromatic carbocycles. The third kappa shape index (κ3) is 4.61. The minimum absolute atomic E-state index is 0. The molecule has 0 bridgehead atoms. The van der Waals surface area contributed by atoms with Crippen LogP contribution in [0.25, 0.3) is 0 Å². The summed E-state index contributed by atoms with van der Waals surface area (Å²) in [5, 5.41) is 3.16. The molecule has 0 spiro atoms. The molecule has 1 amide bonds. The molecular formula is C16H24BrClN2O2. The second-order valence-corrected chi connectivity index (χ2v) is 6.43. The number of rotatable bonds is 5. The Hall–Kier alpha value is -0.780. The topological polar surface area (TPSA) is 41.6 Å². The molecule has 4 nitrogen and oxygen atoms in total. The number of carbonyl (C=O) groups excluding carboxylic acids is 1. The van der Waals surface area contributed by atoms with Crippen molar-refractivity contribution in [3.05, 3.63) is 28.2 Å². The van der Waals surface area contributed by atoms with Crippen molar-refractivity contribution in [2.24, 2.45) is 0 Å². The average Bonchev–Trinajstić information content (AvgIpc) is 2.89. The molecule has 2 atom stereocenters. The molecule has 1 aliphatic heterocycles. The Morgan fingerprint density at radius 1 is 1.55 bits per heavy atom. The number of benzene rings is 1. The standard InChI is InChI=1S/C16H23BrN2O2.ClH/c1-11-6-7-15(14(17)9-11)21-12(2)16(20)19-8-4-5-13(19)10-18-3;/h6-7,9,12-13,18H,4-5,8,10H2,1-3H3;1H. The van der Waals surface area contributed by atoms with Crippen LogP contribution in [0.15, 0.2) is 22.7 Å². The van der Waals surface area contributed by atoms with Gasteiger partial charge in [-0.2, -0.15) is 0 Å². The Morgan fingerprint density at radius 2 is 2.27 bits per heavy atom. The number of nitrogens with zero attached hydrogens (tertiary/aromatic N) is 1. The monoisotopic (exact) mass is 390 g/mol. The van der Waals surface area contributed by atoms with E-state index in [2.05, 4.69) is 21.2 Å². The number of aryl methyl sites for hydroxylation is 1. The smallest absolute Gasteiger partial charge is 0.263 e. The number of amides is 1. The van der Waals surface area contributed by atoms with Crippen molar-refractivity contribution in [2.45, 2.75) is 38.8 Å². The lowest BCUT2D eigenvalue weighted by Gasteiger charge is -2.27. The highest BCUT2D eigenvalue weighted by Crippen LogP contribution is 2.27. The number of carbonyl (C=O) groups is 1. The van der Waals surface area contributed by atoms with Crippen molar-refractivity contribution < 1.29 is 9.53 Å². The van der Waals surface area contributed by atoms with Gasteiger partial charge in [-0.1, -0.05) is 6.07 Å². The minimum Gasteiger partial charge on any atom is -0.480 e. The molecule has 2 unspecified atom stereocenters. The number of nitrogens with one attached hydrogen (secondary N) is 1. The largest absolute Gasteiger partial charge is 0.480 e. The van der Waals surface area contributed by atoms with Gasteiger partial charge in [-0.05, 0) is 67.4 Å². The number of likely N-dealkylation sites (N-methyl/N-ethyl adjacent to an activating group) is 1. The second kappa shape index (κ2) is 8.75. The molecule has 1 N–H and O–H groups in total. The number of hydrogen-bond donors (Lipinski definition) is 1. The molecule has 22 heavy (non-hydrogen) atoms. The molecule has 1 fully saturated rings. The van der Waals surface area contributed by atoms with E-state index in [1.807, 2.05) is 44.0 Å². The normalized spacial score (nSPS) is 18.7. The average molecular weight is 392 g/mol. The van der Waals surface area contributed by atoms with Crippen LogP contribution in [-0.4, -0.2) is 43.1 Å². The van der Waals surface area contributed by atoms with Crippen LogP contribution in [-0.2, 0) is 4.79 Å². The van der Waals surface area contributed by atoms with E-state index < -0.39 is 6.10 Å². The second-order valence-electron chi connectivity index (χ2n) is 5.58. The summed E-state index contributed by atoms with van der Waals surface area (Å²) in [5.41, 5.74) is 1.15. The molecule has 1 aliphatic rings. The Morgan fingerprint density at radius 3 is 2.91 bits per heavy atom. The van der Waals surface area contributed by atoms with Crippen molar-refractivity contribution in [2.75, 3.05) is 20.1 Å². The van der Waals surface area contributed by atoms with E-state index in [0.29, 0.717) is 5.75 Å². The van der Waals surface area contributed by atoms with Gasteiger partial charge in [0.05, 0.1) is 4.47 Å². The number of likely N-dealkylation sites (tertiary alicyclic amines) is 1. The third-order valence-electron chi connectivity index (χ3n) is 3.84. The van der Waals surface area contributed by atoms with Gasteiger partial charge >= 0.3 is 0 Å². The first kappa shape index (κ1) is 19.3. The fourth-order valence-corrected chi connectivity index (χ4v) is 3.34. The first-order valence-corrected chi connectivity index (χ1v) is 8.20. The van der Waals surface area contributed by atoms with Crippen LogP contribution in [0.2, 0.25) is 0 Å². The summed E-state index contributed by atoms with van der Waals surface area (Å²) in [6.07, 6.45) is 1.66. The number of halogens is 2. The van der Waals surface area contributed by atoms with Crippen molar-refractivity contribution in [3.63, 3.8) is 0 Å². The van der Waals surface area contributed by atoms with Crippen LogP contribution in [0.1, 0.15) is 25.3 Å². The van der Waals surface area contributed by atoms with Gasteiger partial charge in [0.2, 0.25) is 0 Å². The molecule has 0 radical (unpaired) electrons. The molecule has 0 aromatic heterocycles. The Balaban J connectivity index is 0.00000242. The SMILES string of the molecule is CNCC1CCCN1C(=O)C(C)Oc1ccc(C)cc1Br.Cl. The van der Waals surface area contributed by atoms with Crippen molar-refractivity contribution in [1.82, 2.24) is 10.2 Å². The Bertz CT molecular complexity index is 513. The predicted octanol–water partition coefficient (Wildman–Crippen LogP) is 3.16. The first-order valence-electron chi connectivity index (χ1n) is 7.41. The van der Waals surface area contributed by atoms with E-state index in [0.717, 1.165) is 36.0 Å². The van der Waals surface area contributed by atoms with Gasteiger partial charge in [-0.15, -0.1) is 12.4 Å². The van der Waals surface area contributed by atoms with Crippen molar-refractivity contribution in [3.8, 4) is 5.75 Å². The summed E-state index contributed by atoms with van der Waals surface area (Å²) >= 11 is 3.49. The highest BCUT2D eigenvalue weighted by molar-refractivity contribution is 9.10. The zero-order chi connectivity index (χ0) is 15.4.